The molecule has 51 heavy (non-hydrogen) atoms. The zero-order chi connectivity index (χ0) is 37.8. The summed E-state index contributed by atoms with van der Waals surface area (Å²) < 4.78 is 26.7. The lowest BCUT2D eigenvalue weighted by Crippen LogP contribution is -2.43. The molecule has 0 aliphatic carbocycles. The summed E-state index contributed by atoms with van der Waals surface area (Å²) in [5.41, 5.74) is 0. The minimum atomic E-state index is -4.75. The quantitative estimate of drug-likeness (QED) is 0.0206. The van der Waals surface area contributed by atoms with Gasteiger partial charge >= 0.3 is 19.8 Å². The minimum Gasteiger partial charge on any atom is -0.480 e. The third-order valence-electron chi connectivity index (χ3n) is 8.80. The molecule has 0 aliphatic heterocycles. The Bertz CT molecular complexity index is 932. The van der Waals surface area contributed by atoms with E-state index < -0.39 is 57.6 Å². The molecule has 0 saturated carbocycles. The number of carboxylic acids is 1. The molecule has 0 spiro atoms. The Hall–Kier alpha value is -1.78. The number of nitrogens with one attached hydrogen (secondary N) is 1. The third-order valence-corrected chi connectivity index (χ3v) is 9.76. The van der Waals surface area contributed by atoms with Gasteiger partial charge in [-0.2, -0.15) is 0 Å². The van der Waals surface area contributed by atoms with Crippen molar-refractivity contribution in [1.82, 2.24) is 5.32 Å². The van der Waals surface area contributed by atoms with E-state index in [1.54, 1.807) is 0 Å². The molecule has 0 aromatic heterocycles. The first-order valence-corrected chi connectivity index (χ1v) is 21.7. The van der Waals surface area contributed by atoms with Crippen molar-refractivity contribution in [3.8, 4) is 0 Å². The summed E-state index contributed by atoms with van der Waals surface area (Å²) in [6, 6.07) is -1.54. The minimum absolute atomic E-state index is 0.150. The normalized spacial score (nSPS) is 14.0. The average Bonchev–Trinajstić information content (AvgIpc) is 3.10. The predicted molar refractivity (Wildman–Crippen MR) is 203 cm³/mol. The van der Waals surface area contributed by atoms with Crippen molar-refractivity contribution in [2.24, 2.45) is 0 Å². The van der Waals surface area contributed by atoms with Crippen LogP contribution in [0, 0.1) is 0 Å². The van der Waals surface area contributed by atoms with Crippen LogP contribution in [0.25, 0.3) is 0 Å². The highest BCUT2D eigenvalue weighted by molar-refractivity contribution is 7.47. The number of aliphatic carboxylic acids is 1. The molecular weight excluding hydrogens is 673 g/mol. The molecule has 12 heteroatoms. The van der Waals surface area contributed by atoms with Gasteiger partial charge in [0.1, 0.15) is 12.7 Å². The number of hydrogen-bond donors (Lipinski definition) is 4. The molecule has 0 fully saturated rings. The topological polar surface area (TPSA) is 169 Å². The number of phosphoric ester groups is 1. The van der Waals surface area contributed by atoms with Crippen LogP contribution in [0.2, 0.25) is 0 Å². The van der Waals surface area contributed by atoms with Crippen LogP contribution in [0.15, 0.2) is 12.2 Å². The standard InChI is InChI=1S/C39H74NO10P/c1-3-5-7-9-11-13-15-17-19-21-23-25-27-29-31-38(43)48-32-35(41)33-49-51(46,47)50-34-36(39(44)45)40-37(42)30-28-26-24-22-20-18-16-14-12-10-8-6-4-2/h15,17,35-36,41H,3-14,16,18-34H2,1-2H3,(H,40,42)(H,44,45)(H,46,47)/b17-15-. The second kappa shape index (κ2) is 35.3. The summed E-state index contributed by atoms with van der Waals surface area (Å²) in [6.45, 7) is 2.57. The van der Waals surface area contributed by atoms with E-state index in [-0.39, 0.29) is 12.8 Å². The lowest BCUT2D eigenvalue weighted by molar-refractivity contribution is -0.147. The van der Waals surface area contributed by atoms with Crippen LogP contribution in [0.4, 0.5) is 0 Å². The van der Waals surface area contributed by atoms with Gasteiger partial charge in [-0.3, -0.25) is 18.6 Å². The number of amides is 1. The highest BCUT2D eigenvalue weighted by Gasteiger charge is 2.28. The molecule has 4 N–H and O–H groups in total. The number of carbonyl (C=O) groups is 3. The summed E-state index contributed by atoms with van der Waals surface area (Å²) in [5, 5.41) is 21.8. The first-order valence-electron chi connectivity index (χ1n) is 20.2. The summed E-state index contributed by atoms with van der Waals surface area (Å²) in [4.78, 5) is 45.7. The lowest BCUT2D eigenvalue weighted by Gasteiger charge is -2.18. The van der Waals surface area contributed by atoms with Gasteiger partial charge in [0.15, 0.2) is 6.04 Å². The Kier molecular flexibility index (Phi) is 34.0. The molecule has 0 aliphatic rings. The predicted octanol–water partition coefficient (Wildman–Crippen LogP) is 9.72. The molecule has 300 valence electrons. The molecule has 11 nitrogen and oxygen atoms in total. The van der Waals surface area contributed by atoms with E-state index in [4.69, 9.17) is 13.8 Å². The Labute approximate surface area is 309 Å². The maximum absolute atomic E-state index is 12.3. The number of carbonyl (C=O) groups excluding carboxylic acids is 2. The van der Waals surface area contributed by atoms with E-state index >= 15 is 0 Å². The molecule has 0 aromatic carbocycles. The van der Waals surface area contributed by atoms with Crippen molar-refractivity contribution in [3.63, 3.8) is 0 Å². The zero-order valence-corrected chi connectivity index (χ0v) is 33.1. The van der Waals surface area contributed by atoms with Gasteiger partial charge in [0.05, 0.1) is 13.2 Å². The number of phosphoric acid groups is 1. The number of esters is 1. The van der Waals surface area contributed by atoms with Crippen molar-refractivity contribution in [2.75, 3.05) is 19.8 Å². The number of carboxylic acid groups (broad SMARTS) is 1. The molecule has 0 heterocycles. The molecular formula is C39H74NO10P. The molecule has 0 rings (SSSR count). The van der Waals surface area contributed by atoms with Crippen LogP contribution in [-0.2, 0) is 32.7 Å². The lowest BCUT2D eigenvalue weighted by atomic mass is 10.0. The maximum atomic E-state index is 12.3. The van der Waals surface area contributed by atoms with Gasteiger partial charge in [-0.25, -0.2) is 9.36 Å². The van der Waals surface area contributed by atoms with Crippen molar-refractivity contribution < 1.29 is 47.8 Å². The number of allylic oxidation sites excluding steroid dienone is 2. The summed E-state index contributed by atoms with van der Waals surface area (Å²) in [5.74, 6) is -2.37. The second-order valence-electron chi connectivity index (χ2n) is 13.8. The van der Waals surface area contributed by atoms with Gasteiger partial charge in [-0.05, 0) is 38.5 Å². The van der Waals surface area contributed by atoms with E-state index in [2.05, 4.69) is 31.3 Å². The van der Waals surface area contributed by atoms with Crippen molar-refractivity contribution in [2.45, 2.75) is 199 Å². The Morgan fingerprint density at radius 1 is 0.608 bits per heavy atom. The van der Waals surface area contributed by atoms with E-state index in [9.17, 15) is 34.1 Å². The number of aliphatic hydroxyl groups excluding tert-OH is 1. The Morgan fingerprint density at radius 3 is 1.49 bits per heavy atom. The number of unbranched alkanes of at least 4 members (excludes halogenated alkanes) is 22. The van der Waals surface area contributed by atoms with Gasteiger partial charge in [0.25, 0.3) is 0 Å². The van der Waals surface area contributed by atoms with Gasteiger partial charge in [0, 0.05) is 12.8 Å². The fourth-order valence-electron chi connectivity index (χ4n) is 5.60. The van der Waals surface area contributed by atoms with E-state index in [0.29, 0.717) is 12.8 Å². The van der Waals surface area contributed by atoms with Crippen molar-refractivity contribution >= 4 is 25.7 Å². The van der Waals surface area contributed by atoms with Crippen LogP contribution >= 0.6 is 7.82 Å². The summed E-state index contributed by atoms with van der Waals surface area (Å²) in [7, 11) is -4.75. The second-order valence-corrected chi connectivity index (χ2v) is 15.3. The van der Waals surface area contributed by atoms with Gasteiger partial charge in [-0.15, -0.1) is 0 Å². The molecule has 0 radical (unpaired) electrons. The number of aliphatic hydroxyl groups is 1. The Morgan fingerprint density at radius 2 is 1.02 bits per heavy atom. The van der Waals surface area contributed by atoms with Gasteiger partial charge < -0.3 is 25.2 Å². The van der Waals surface area contributed by atoms with E-state index in [0.717, 1.165) is 57.8 Å². The van der Waals surface area contributed by atoms with E-state index in [1.165, 1.54) is 89.9 Å². The third kappa shape index (κ3) is 35.0. The fraction of sp³-hybridized carbons (Fsp3) is 0.872. The monoisotopic (exact) mass is 748 g/mol. The smallest absolute Gasteiger partial charge is 0.472 e. The summed E-state index contributed by atoms with van der Waals surface area (Å²) >= 11 is 0. The maximum Gasteiger partial charge on any atom is 0.472 e. The first kappa shape index (κ1) is 49.2. The molecule has 0 bridgehead atoms. The number of rotatable bonds is 38. The van der Waals surface area contributed by atoms with E-state index in [1.807, 2.05) is 0 Å². The first-order chi connectivity index (χ1) is 24.6. The Balaban J connectivity index is 3.94. The van der Waals surface area contributed by atoms with Crippen LogP contribution in [0.3, 0.4) is 0 Å². The van der Waals surface area contributed by atoms with Crippen LogP contribution < -0.4 is 5.32 Å². The number of hydrogen-bond acceptors (Lipinski definition) is 8. The fourth-order valence-corrected chi connectivity index (χ4v) is 6.38. The van der Waals surface area contributed by atoms with Crippen LogP contribution in [0.5, 0.6) is 0 Å². The van der Waals surface area contributed by atoms with Gasteiger partial charge in [-0.1, -0.05) is 148 Å². The molecule has 3 atom stereocenters. The molecule has 0 saturated heterocycles. The number of ether oxygens (including phenoxy) is 1. The largest absolute Gasteiger partial charge is 0.480 e. The average molecular weight is 748 g/mol. The highest BCUT2D eigenvalue weighted by atomic mass is 31.2. The van der Waals surface area contributed by atoms with Crippen molar-refractivity contribution in [3.05, 3.63) is 12.2 Å². The molecule has 0 aromatic rings. The van der Waals surface area contributed by atoms with Crippen molar-refractivity contribution in [1.29, 1.82) is 0 Å². The van der Waals surface area contributed by atoms with Crippen LogP contribution in [-0.4, -0.2) is 64.9 Å². The van der Waals surface area contributed by atoms with Gasteiger partial charge in [0.2, 0.25) is 5.91 Å². The summed E-state index contributed by atoms with van der Waals surface area (Å²) in [6.07, 6.45) is 32.4. The van der Waals surface area contributed by atoms with Crippen LogP contribution in [0.1, 0.15) is 187 Å². The SMILES string of the molecule is CCCCCCC/C=C\CCCCCCCC(=O)OCC(O)COP(=O)(O)OCC(NC(=O)CCCCCCCCCCCCCCC)C(=O)O. The molecule has 1 amide bonds. The zero-order valence-electron chi connectivity index (χ0n) is 32.2. The molecule has 3 unspecified atom stereocenters. The highest BCUT2D eigenvalue weighted by Crippen LogP contribution is 2.43.